The second kappa shape index (κ2) is 5.13. The molecule has 1 unspecified atom stereocenters. The Bertz CT molecular complexity index is 269. The van der Waals surface area contributed by atoms with E-state index in [2.05, 4.69) is 24.1 Å². The first kappa shape index (κ1) is 12.9. The van der Waals surface area contributed by atoms with Crippen molar-refractivity contribution in [3.63, 3.8) is 0 Å². The fraction of sp³-hybridized carbons (Fsp3) is 1.00. The van der Waals surface area contributed by atoms with Crippen LogP contribution in [0.4, 0.5) is 0 Å². The Morgan fingerprint density at radius 1 is 1.17 bits per heavy atom. The normalized spacial score (nSPS) is 42.2. The van der Waals surface area contributed by atoms with Crippen molar-refractivity contribution in [2.45, 2.75) is 58.4 Å². The summed E-state index contributed by atoms with van der Waals surface area (Å²) < 4.78 is 0. The van der Waals surface area contributed by atoms with Gasteiger partial charge in [0, 0.05) is 19.1 Å². The van der Waals surface area contributed by atoms with E-state index in [-0.39, 0.29) is 0 Å². The second-order valence-electron chi connectivity index (χ2n) is 7.48. The summed E-state index contributed by atoms with van der Waals surface area (Å²) >= 11 is 0. The lowest BCUT2D eigenvalue weighted by molar-refractivity contribution is -0.0145. The molecule has 1 spiro atoms. The SMILES string of the molecule is CC(C)C1CC(N2CCCC3(CCCNC3)C2)C1. The minimum Gasteiger partial charge on any atom is -0.316 e. The number of rotatable bonds is 2. The van der Waals surface area contributed by atoms with Crippen LogP contribution in [0.3, 0.4) is 0 Å². The van der Waals surface area contributed by atoms with E-state index in [0.29, 0.717) is 5.41 Å². The molecule has 0 aromatic rings. The first-order valence-electron chi connectivity index (χ1n) is 8.13. The molecular weight excluding hydrogens is 220 g/mol. The quantitative estimate of drug-likeness (QED) is 0.810. The number of hydrogen-bond acceptors (Lipinski definition) is 2. The van der Waals surface area contributed by atoms with E-state index in [4.69, 9.17) is 0 Å². The van der Waals surface area contributed by atoms with Crippen molar-refractivity contribution in [2.24, 2.45) is 17.3 Å². The summed E-state index contributed by atoms with van der Waals surface area (Å²) in [7, 11) is 0. The first-order chi connectivity index (χ1) is 8.69. The van der Waals surface area contributed by atoms with Crippen molar-refractivity contribution < 1.29 is 0 Å². The van der Waals surface area contributed by atoms with Crippen LogP contribution < -0.4 is 5.32 Å². The van der Waals surface area contributed by atoms with Gasteiger partial charge in [-0.25, -0.2) is 0 Å². The molecule has 0 amide bonds. The summed E-state index contributed by atoms with van der Waals surface area (Å²) in [6.45, 7) is 10.1. The maximum Gasteiger partial charge on any atom is 0.0101 e. The van der Waals surface area contributed by atoms with Crippen molar-refractivity contribution >= 4 is 0 Å². The lowest BCUT2D eigenvalue weighted by Gasteiger charge is -2.52. The van der Waals surface area contributed by atoms with Crippen LogP contribution in [0, 0.1) is 17.3 Å². The van der Waals surface area contributed by atoms with Crippen molar-refractivity contribution in [3.8, 4) is 0 Å². The highest BCUT2D eigenvalue weighted by Crippen LogP contribution is 2.42. The molecule has 3 rings (SSSR count). The Morgan fingerprint density at radius 3 is 2.61 bits per heavy atom. The molecule has 2 heteroatoms. The predicted octanol–water partition coefficient (Wildman–Crippen LogP) is 2.89. The fourth-order valence-corrected chi connectivity index (χ4v) is 4.41. The van der Waals surface area contributed by atoms with Crippen molar-refractivity contribution in [3.05, 3.63) is 0 Å². The lowest BCUT2D eigenvalue weighted by atomic mass is 9.69. The molecular formula is C16H30N2. The average Bonchev–Trinajstić information content (AvgIpc) is 2.27. The summed E-state index contributed by atoms with van der Waals surface area (Å²) in [5, 5.41) is 3.64. The highest BCUT2D eigenvalue weighted by molar-refractivity contribution is 4.96. The Balaban J connectivity index is 1.55. The lowest BCUT2D eigenvalue weighted by Crippen LogP contribution is -2.56. The van der Waals surface area contributed by atoms with Crippen LogP contribution in [0.2, 0.25) is 0 Å². The molecule has 0 bridgehead atoms. The van der Waals surface area contributed by atoms with Crippen molar-refractivity contribution in [1.29, 1.82) is 0 Å². The molecule has 1 N–H and O–H groups in total. The molecule has 2 nitrogen and oxygen atoms in total. The minimum absolute atomic E-state index is 0.638. The predicted molar refractivity (Wildman–Crippen MR) is 76.7 cm³/mol. The molecule has 3 fully saturated rings. The van der Waals surface area contributed by atoms with E-state index in [9.17, 15) is 0 Å². The number of hydrogen-bond donors (Lipinski definition) is 1. The molecule has 0 radical (unpaired) electrons. The van der Waals surface area contributed by atoms with Crippen LogP contribution in [-0.2, 0) is 0 Å². The third-order valence-electron chi connectivity index (χ3n) is 5.86. The Morgan fingerprint density at radius 2 is 1.94 bits per heavy atom. The summed E-state index contributed by atoms with van der Waals surface area (Å²) in [6, 6.07) is 0.927. The van der Waals surface area contributed by atoms with Gasteiger partial charge < -0.3 is 5.32 Å². The number of nitrogens with one attached hydrogen (secondary N) is 1. The molecule has 1 aliphatic carbocycles. The van der Waals surface area contributed by atoms with Crippen LogP contribution >= 0.6 is 0 Å². The standard InChI is InChI=1S/C16H30N2/c1-13(2)14-9-15(10-14)18-8-4-6-16(12-18)5-3-7-17-11-16/h13-15,17H,3-12H2,1-2H3. The zero-order valence-electron chi connectivity index (χ0n) is 12.3. The van der Waals surface area contributed by atoms with Crippen LogP contribution in [-0.4, -0.2) is 37.1 Å². The topological polar surface area (TPSA) is 15.3 Å². The van der Waals surface area contributed by atoms with Gasteiger partial charge in [-0.1, -0.05) is 13.8 Å². The molecule has 1 saturated carbocycles. The van der Waals surface area contributed by atoms with E-state index in [1.807, 2.05) is 0 Å². The molecule has 2 saturated heterocycles. The Labute approximate surface area is 113 Å². The summed E-state index contributed by atoms with van der Waals surface area (Å²) in [5.41, 5.74) is 0.638. The zero-order valence-corrected chi connectivity index (χ0v) is 12.3. The van der Waals surface area contributed by atoms with Crippen LogP contribution in [0.15, 0.2) is 0 Å². The number of piperidine rings is 2. The monoisotopic (exact) mass is 250 g/mol. The van der Waals surface area contributed by atoms with Gasteiger partial charge in [0.25, 0.3) is 0 Å². The number of nitrogens with zero attached hydrogens (tertiary/aromatic N) is 1. The zero-order chi connectivity index (χ0) is 12.6. The van der Waals surface area contributed by atoms with E-state index < -0.39 is 0 Å². The van der Waals surface area contributed by atoms with Crippen LogP contribution in [0.25, 0.3) is 0 Å². The average molecular weight is 250 g/mol. The van der Waals surface area contributed by atoms with Gasteiger partial charge in [0.05, 0.1) is 0 Å². The smallest absolute Gasteiger partial charge is 0.0101 e. The van der Waals surface area contributed by atoms with Gasteiger partial charge in [0.1, 0.15) is 0 Å². The van der Waals surface area contributed by atoms with Gasteiger partial charge >= 0.3 is 0 Å². The number of likely N-dealkylation sites (tertiary alicyclic amines) is 1. The van der Waals surface area contributed by atoms with Crippen LogP contribution in [0.5, 0.6) is 0 Å². The van der Waals surface area contributed by atoms with Gasteiger partial charge in [-0.15, -0.1) is 0 Å². The van der Waals surface area contributed by atoms with Crippen molar-refractivity contribution in [2.75, 3.05) is 26.2 Å². The van der Waals surface area contributed by atoms with E-state index in [1.54, 1.807) is 0 Å². The van der Waals surface area contributed by atoms with E-state index >= 15 is 0 Å². The first-order valence-corrected chi connectivity index (χ1v) is 8.13. The van der Waals surface area contributed by atoms with Gasteiger partial charge in [-0.3, -0.25) is 4.90 Å². The molecule has 2 aliphatic heterocycles. The molecule has 3 aliphatic rings. The maximum absolute atomic E-state index is 3.64. The molecule has 1 atom stereocenters. The minimum atomic E-state index is 0.638. The van der Waals surface area contributed by atoms with Crippen molar-refractivity contribution in [1.82, 2.24) is 10.2 Å². The molecule has 0 aromatic heterocycles. The van der Waals surface area contributed by atoms with Gasteiger partial charge in [-0.2, -0.15) is 0 Å². The molecule has 104 valence electrons. The van der Waals surface area contributed by atoms with E-state index in [0.717, 1.165) is 17.9 Å². The van der Waals surface area contributed by atoms with Gasteiger partial charge in [-0.05, 0) is 68.9 Å². The second-order valence-corrected chi connectivity index (χ2v) is 7.48. The Hall–Kier alpha value is -0.0800. The fourth-order valence-electron chi connectivity index (χ4n) is 4.41. The maximum atomic E-state index is 3.64. The Kier molecular flexibility index (Phi) is 3.68. The van der Waals surface area contributed by atoms with Gasteiger partial charge in [0.15, 0.2) is 0 Å². The van der Waals surface area contributed by atoms with E-state index in [1.165, 1.54) is 64.7 Å². The summed E-state index contributed by atoms with van der Waals surface area (Å²) in [6.07, 6.45) is 8.72. The summed E-state index contributed by atoms with van der Waals surface area (Å²) in [5.74, 6) is 1.91. The summed E-state index contributed by atoms with van der Waals surface area (Å²) in [4.78, 5) is 2.84. The van der Waals surface area contributed by atoms with Gasteiger partial charge in [0.2, 0.25) is 0 Å². The molecule has 0 aromatic carbocycles. The van der Waals surface area contributed by atoms with Crippen LogP contribution in [0.1, 0.15) is 52.4 Å². The molecule has 18 heavy (non-hydrogen) atoms. The largest absolute Gasteiger partial charge is 0.316 e. The highest BCUT2D eigenvalue weighted by atomic mass is 15.2. The molecule has 2 heterocycles. The third kappa shape index (κ3) is 2.46. The third-order valence-corrected chi connectivity index (χ3v) is 5.86. The highest BCUT2D eigenvalue weighted by Gasteiger charge is 2.42.